The van der Waals surface area contributed by atoms with Gasteiger partial charge in [0.2, 0.25) is 0 Å². The number of ether oxygens (including phenoxy) is 2. The molecule has 0 aliphatic carbocycles. The number of nitriles is 2. The van der Waals surface area contributed by atoms with Crippen LogP contribution < -0.4 is 9.47 Å². The minimum Gasteiger partial charge on any atom is -0.497 e. The van der Waals surface area contributed by atoms with Gasteiger partial charge in [0.1, 0.15) is 23.6 Å². The number of aromatic amines is 2. The van der Waals surface area contributed by atoms with Crippen LogP contribution in [0, 0.1) is 29.6 Å². The second-order valence-electron chi connectivity index (χ2n) is 10.00. The van der Waals surface area contributed by atoms with Crippen LogP contribution in [0.2, 0.25) is 5.02 Å². The van der Waals surface area contributed by atoms with Gasteiger partial charge >= 0.3 is 0 Å². The second kappa shape index (κ2) is 11.8. The summed E-state index contributed by atoms with van der Waals surface area (Å²) in [6, 6.07) is 21.6. The zero-order chi connectivity index (χ0) is 30.8. The number of aromatic nitrogens is 4. The number of fused-ring (bicyclic) bond motifs is 2. The number of hydrogen-bond acceptors (Lipinski definition) is 6. The van der Waals surface area contributed by atoms with Crippen molar-refractivity contribution in [2.45, 2.75) is 6.92 Å². The Bertz CT molecular complexity index is 2190. The average Bonchev–Trinajstić information content (AvgIpc) is 3.67. The third kappa shape index (κ3) is 4.94. The number of H-pyrrole nitrogens is 2. The van der Waals surface area contributed by atoms with E-state index in [1.165, 1.54) is 0 Å². The molecule has 8 nitrogen and oxygen atoms in total. The van der Waals surface area contributed by atoms with Crippen LogP contribution in [-0.2, 0) is 0 Å². The molecule has 0 spiro atoms. The number of aryl methyl sites for hydroxylation is 1. The number of halogens is 1. The Balaban J connectivity index is 1.81. The van der Waals surface area contributed by atoms with E-state index in [0.29, 0.717) is 61.1 Å². The third-order valence-corrected chi connectivity index (χ3v) is 7.86. The van der Waals surface area contributed by atoms with E-state index in [2.05, 4.69) is 32.1 Å². The summed E-state index contributed by atoms with van der Waals surface area (Å²) in [6.07, 6.45) is 8.46. The molecule has 44 heavy (non-hydrogen) atoms. The van der Waals surface area contributed by atoms with E-state index in [-0.39, 0.29) is 0 Å². The van der Waals surface area contributed by atoms with E-state index >= 15 is 0 Å². The molecule has 6 rings (SSSR count). The fourth-order valence-electron chi connectivity index (χ4n) is 5.35. The number of methoxy groups -OCH3 is 2. The van der Waals surface area contributed by atoms with Gasteiger partial charge in [-0.3, -0.25) is 9.97 Å². The summed E-state index contributed by atoms with van der Waals surface area (Å²) in [5.41, 5.74) is 6.34. The average molecular weight is 597 g/mol. The number of pyridine rings is 2. The minimum absolute atomic E-state index is 0.292. The Morgan fingerprint density at radius 3 is 1.84 bits per heavy atom. The molecule has 0 aliphatic rings. The van der Waals surface area contributed by atoms with Gasteiger partial charge in [-0.05, 0) is 55.5 Å². The van der Waals surface area contributed by atoms with Gasteiger partial charge in [0.25, 0.3) is 0 Å². The molecule has 9 heteroatoms. The summed E-state index contributed by atoms with van der Waals surface area (Å²) in [5, 5.41) is 23.7. The maximum absolute atomic E-state index is 10.9. The maximum Gasteiger partial charge on any atom is 0.119 e. The van der Waals surface area contributed by atoms with Crippen molar-refractivity contribution in [3.05, 3.63) is 119 Å². The summed E-state index contributed by atoms with van der Waals surface area (Å²) in [7, 11) is 3.19. The van der Waals surface area contributed by atoms with Crippen LogP contribution in [0.5, 0.6) is 11.5 Å². The highest BCUT2D eigenvalue weighted by Crippen LogP contribution is 2.46. The van der Waals surface area contributed by atoms with Crippen molar-refractivity contribution in [3.63, 3.8) is 0 Å². The van der Waals surface area contributed by atoms with Crippen molar-refractivity contribution in [1.82, 2.24) is 19.9 Å². The Morgan fingerprint density at radius 2 is 1.34 bits per heavy atom. The first kappa shape index (κ1) is 28.3. The van der Waals surface area contributed by atoms with E-state index in [1.807, 2.05) is 55.5 Å². The lowest BCUT2D eigenvalue weighted by Gasteiger charge is -2.19. The van der Waals surface area contributed by atoms with Crippen molar-refractivity contribution < 1.29 is 9.47 Å². The molecule has 4 aromatic heterocycles. The Morgan fingerprint density at radius 1 is 0.750 bits per heavy atom. The molecule has 4 heterocycles. The van der Waals surface area contributed by atoms with Crippen LogP contribution in [0.25, 0.3) is 44.1 Å². The van der Waals surface area contributed by atoms with E-state index < -0.39 is 0 Å². The largest absolute Gasteiger partial charge is 0.497 e. The molecule has 2 N–H and O–H groups in total. The summed E-state index contributed by atoms with van der Waals surface area (Å²) in [6.45, 7) is 1.89. The molecule has 6 aromatic rings. The first-order valence-corrected chi connectivity index (χ1v) is 14.0. The smallest absolute Gasteiger partial charge is 0.119 e. The highest BCUT2D eigenvalue weighted by Gasteiger charge is 2.27. The van der Waals surface area contributed by atoms with E-state index in [1.54, 1.807) is 51.3 Å². The van der Waals surface area contributed by atoms with Gasteiger partial charge in [-0.15, -0.1) is 0 Å². The summed E-state index contributed by atoms with van der Waals surface area (Å²) in [4.78, 5) is 15.5. The van der Waals surface area contributed by atoms with Gasteiger partial charge in [0, 0.05) is 91.9 Å². The molecule has 0 fully saturated rings. The van der Waals surface area contributed by atoms with Gasteiger partial charge in [-0.2, -0.15) is 10.5 Å². The molecular weight excluding hydrogens is 572 g/mol. The monoisotopic (exact) mass is 596 g/mol. The van der Waals surface area contributed by atoms with Gasteiger partial charge in [-0.1, -0.05) is 17.7 Å². The molecule has 0 bridgehead atoms. The minimum atomic E-state index is 0.292. The predicted molar refractivity (Wildman–Crippen MR) is 173 cm³/mol. The van der Waals surface area contributed by atoms with Gasteiger partial charge in [0.05, 0.1) is 30.4 Å². The van der Waals surface area contributed by atoms with Crippen molar-refractivity contribution in [2.75, 3.05) is 14.2 Å². The maximum atomic E-state index is 10.9. The molecule has 0 radical (unpaired) electrons. The van der Waals surface area contributed by atoms with Gasteiger partial charge in [-0.25, -0.2) is 0 Å². The van der Waals surface area contributed by atoms with Crippen molar-refractivity contribution in [1.29, 1.82) is 10.5 Å². The van der Waals surface area contributed by atoms with Crippen LogP contribution in [-0.4, -0.2) is 34.2 Å². The lowest BCUT2D eigenvalue weighted by atomic mass is 9.83. The summed E-state index contributed by atoms with van der Waals surface area (Å²) < 4.78 is 11.0. The zero-order valence-electron chi connectivity index (χ0n) is 24.1. The molecular formula is C35H25ClN6O2. The molecule has 0 aliphatic heterocycles. The molecule has 214 valence electrons. The Kier molecular flexibility index (Phi) is 7.59. The van der Waals surface area contributed by atoms with Gasteiger partial charge < -0.3 is 19.4 Å². The first-order valence-electron chi connectivity index (χ1n) is 13.6. The SMILES string of the molecule is COc1ccc2[nH]cc(/C(C#N)=C(\C(=C(\C#N)c3c[nH]c4ccc(OC)cc34)c3cnccc3Cl)c3ccc(C)nc3)c2c1. The summed E-state index contributed by atoms with van der Waals surface area (Å²) in [5.74, 6) is 1.28. The predicted octanol–water partition coefficient (Wildman–Crippen LogP) is 7.99. The molecule has 0 atom stereocenters. The fraction of sp³-hybridized carbons (Fsp3) is 0.0857. The standard InChI is InChI=1S/C35H25ClN6O2/c1-20-4-5-21(16-40-20)34(26(14-37)28-18-41-32-8-6-22(43-2)12-24(28)32)35(30-17-39-11-10-31(30)36)27(15-38)29-19-42-33-9-7-23(44-3)13-25(29)33/h4-13,16-19,41-42H,1-3H3/b34-26-,35-27-. The Labute approximate surface area is 258 Å². The number of nitrogens with one attached hydrogen (secondary N) is 2. The van der Waals surface area contributed by atoms with Crippen LogP contribution in [0.4, 0.5) is 0 Å². The van der Waals surface area contributed by atoms with Crippen LogP contribution in [0.3, 0.4) is 0 Å². The normalized spacial score (nSPS) is 12.3. The quantitative estimate of drug-likeness (QED) is 0.142. The lowest BCUT2D eigenvalue weighted by molar-refractivity contribution is 0.415. The molecule has 0 amide bonds. The van der Waals surface area contributed by atoms with Crippen LogP contribution in [0.15, 0.2) is 85.6 Å². The highest BCUT2D eigenvalue weighted by molar-refractivity contribution is 6.36. The molecule has 0 saturated carbocycles. The first-order chi connectivity index (χ1) is 21.5. The van der Waals surface area contributed by atoms with E-state index in [9.17, 15) is 10.5 Å². The molecule has 0 saturated heterocycles. The van der Waals surface area contributed by atoms with Crippen molar-refractivity contribution in [3.8, 4) is 23.6 Å². The topological polar surface area (TPSA) is 123 Å². The number of benzene rings is 2. The zero-order valence-corrected chi connectivity index (χ0v) is 24.8. The summed E-state index contributed by atoms with van der Waals surface area (Å²) >= 11 is 6.86. The Hall–Kier alpha value is -5.83. The van der Waals surface area contributed by atoms with Gasteiger partial charge in [0.15, 0.2) is 0 Å². The van der Waals surface area contributed by atoms with Crippen molar-refractivity contribution in [2.24, 2.45) is 0 Å². The molecule has 2 aromatic carbocycles. The lowest BCUT2D eigenvalue weighted by Crippen LogP contribution is -2.01. The number of hydrogen-bond donors (Lipinski definition) is 2. The van der Waals surface area contributed by atoms with Crippen molar-refractivity contribution >= 4 is 55.7 Å². The van der Waals surface area contributed by atoms with Crippen LogP contribution in [0.1, 0.15) is 27.9 Å². The van der Waals surface area contributed by atoms with E-state index in [0.717, 1.165) is 27.5 Å². The molecule has 0 unspecified atom stereocenters. The number of rotatable bonds is 7. The number of allylic oxidation sites excluding steroid dienone is 4. The third-order valence-electron chi connectivity index (χ3n) is 7.53. The van der Waals surface area contributed by atoms with Crippen LogP contribution >= 0.6 is 11.6 Å². The van der Waals surface area contributed by atoms with E-state index in [4.69, 9.17) is 21.1 Å². The number of nitrogens with zero attached hydrogens (tertiary/aromatic N) is 4. The fourth-order valence-corrected chi connectivity index (χ4v) is 5.55. The highest BCUT2D eigenvalue weighted by atomic mass is 35.5. The second-order valence-corrected chi connectivity index (χ2v) is 10.4.